The summed E-state index contributed by atoms with van der Waals surface area (Å²) in [7, 11) is 0. The summed E-state index contributed by atoms with van der Waals surface area (Å²) in [5, 5.41) is 9.77. The first-order valence-corrected chi connectivity index (χ1v) is 6.92. The minimum absolute atomic E-state index is 0.392. The first-order chi connectivity index (χ1) is 9.74. The van der Waals surface area contributed by atoms with Crippen molar-refractivity contribution in [3.8, 4) is 0 Å². The molecule has 5 nitrogen and oxygen atoms in total. The number of nitrogens with one attached hydrogen (secondary N) is 2. The smallest absolute Gasteiger partial charge is 0.254 e. The second-order valence-corrected chi connectivity index (χ2v) is 5.19. The van der Waals surface area contributed by atoms with Crippen molar-refractivity contribution in [2.24, 2.45) is 5.73 Å². The Balaban J connectivity index is 1.72. The summed E-state index contributed by atoms with van der Waals surface area (Å²) in [5.41, 5.74) is 9.80. The van der Waals surface area contributed by atoms with E-state index in [-0.39, 0.29) is 0 Å². The van der Waals surface area contributed by atoms with Crippen molar-refractivity contribution < 1.29 is 4.79 Å². The van der Waals surface area contributed by atoms with Gasteiger partial charge in [0.1, 0.15) is 11.4 Å². The third-order valence-electron chi connectivity index (χ3n) is 3.79. The molecule has 1 heterocycles. The molecule has 2 aromatic rings. The number of hydrogen-bond acceptors (Lipinski definition) is 3. The van der Waals surface area contributed by atoms with Crippen molar-refractivity contribution >= 4 is 11.7 Å². The van der Waals surface area contributed by atoms with Gasteiger partial charge < -0.3 is 11.1 Å². The number of aromatic nitrogens is 2. The number of nitrogens with zero attached hydrogens (tertiary/aromatic N) is 1. The van der Waals surface area contributed by atoms with Crippen LogP contribution < -0.4 is 11.1 Å². The highest BCUT2D eigenvalue weighted by Crippen LogP contribution is 2.22. The number of H-pyrrole nitrogens is 1. The van der Waals surface area contributed by atoms with E-state index in [1.54, 1.807) is 0 Å². The fourth-order valence-corrected chi connectivity index (χ4v) is 2.69. The van der Waals surface area contributed by atoms with Crippen LogP contribution in [0, 0.1) is 0 Å². The van der Waals surface area contributed by atoms with Crippen molar-refractivity contribution in [2.75, 3.05) is 5.32 Å². The van der Waals surface area contributed by atoms with Gasteiger partial charge in [-0.1, -0.05) is 18.2 Å². The van der Waals surface area contributed by atoms with E-state index >= 15 is 0 Å². The maximum absolute atomic E-state index is 11.2. The summed E-state index contributed by atoms with van der Waals surface area (Å²) in [4.78, 5) is 11.2. The predicted molar refractivity (Wildman–Crippen MR) is 77.5 cm³/mol. The van der Waals surface area contributed by atoms with Crippen LogP contribution in [0.4, 0.5) is 5.82 Å². The van der Waals surface area contributed by atoms with Gasteiger partial charge in [0, 0.05) is 6.54 Å². The zero-order valence-corrected chi connectivity index (χ0v) is 11.3. The number of aromatic amines is 1. The lowest BCUT2D eigenvalue weighted by Gasteiger charge is -2.16. The molecule has 5 heteroatoms. The molecule has 1 aliphatic rings. The summed E-state index contributed by atoms with van der Waals surface area (Å²) in [6.07, 6.45) is 6.36. The quantitative estimate of drug-likeness (QED) is 0.794. The number of benzene rings is 1. The Hall–Kier alpha value is -2.30. The number of aryl methyl sites for hydroxylation is 2. The van der Waals surface area contributed by atoms with Crippen molar-refractivity contribution in [3.63, 3.8) is 0 Å². The molecule has 0 saturated heterocycles. The molecule has 20 heavy (non-hydrogen) atoms. The number of primary amides is 1. The van der Waals surface area contributed by atoms with Crippen molar-refractivity contribution in [2.45, 2.75) is 32.2 Å². The lowest BCUT2D eigenvalue weighted by Crippen LogP contribution is -2.13. The van der Waals surface area contributed by atoms with Gasteiger partial charge in [-0.25, -0.2) is 0 Å². The molecule has 104 valence electrons. The Morgan fingerprint density at radius 1 is 1.30 bits per heavy atom. The number of anilines is 1. The fourth-order valence-electron chi connectivity index (χ4n) is 2.69. The van der Waals surface area contributed by atoms with Gasteiger partial charge in [-0.05, 0) is 42.4 Å². The summed E-state index contributed by atoms with van der Waals surface area (Å²) in [5.74, 6) is 0.0990. The molecule has 1 aromatic heterocycles. The van der Waals surface area contributed by atoms with Gasteiger partial charge >= 0.3 is 0 Å². The predicted octanol–water partition coefficient (Wildman–Crippen LogP) is 2.00. The molecular weight excluding hydrogens is 252 g/mol. The highest BCUT2D eigenvalue weighted by atomic mass is 16.1. The highest BCUT2D eigenvalue weighted by Gasteiger charge is 2.11. The zero-order valence-electron chi connectivity index (χ0n) is 11.3. The summed E-state index contributed by atoms with van der Waals surface area (Å²) in [6.45, 7) is 0.649. The van der Waals surface area contributed by atoms with Crippen LogP contribution in [0.15, 0.2) is 24.4 Å². The van der Waals surface area contributed by atoms with E-state index in [1.807, 2.05) is 0 Å². The monoisotopic (exact) mass is 270 g/mol. The van der Waals surface area contributed by atoms with Crippen LogP contribution in [-0.2, 0) is 19.4 Å². The van der Waals surface area contributed by atoms with E-state index in [1.165, 1.54) is 48.6 Å². The van der Waals surface area contributed by atoms with Crippen molar-refractivity contribution in [1.82, 2.24) is 10.2 Å². The van der Waals surface area contributed by atoms with Crippen LogP contribution in [0.25, 0.3) is 0 Å². The van der Waals surface area contributed by atoms with E-state index in [9.17, 15) is 4.79 Å². The Bertz CT molecular complexity index is 633. The molecule has 1 amide bonds. The largest absolute Gasteiger partial charge is 0.366 e. The molecule has 0 bridgehead atoms. The van der Waals surface area contributed by atoms with E-state index in [0.29, 0.717) is 17.9 Å². The number of carbonyl (C=O) groups is 1. The summed E-state index contributed by atoms with van der Waals surface area (Å²) >= 11 is 0. The molecule has 3 rings (SSSR count). The number of amides is 1. The van der Waals surface area contributed by atoms with Gasteiger partial charge in [-0.15, -0.1) is 0 Å². The number of fused-ring (bicyclic) bond motifs is 1. The molecule has 0 spiro atoms. The van der Waals surface area contributed by atoms with Crippen LogP contribution in [0.2, 0.25) is 0 Å². The lowest BCUT2D eigenvalue weighted by molar-refractivity contribution is 0.100. The van der Waals surface area contributed by atoms with Crippen molar-refractivity contribution in [1.29, 1.82) is 0 Å². The van der Waals surface area contributed by atoms with Gasteiger partial charge in [0.05, 0.1) is 6.20 Å². The molecule has 0 aliphatic heterocycles. The second kappa shape index (κ2) is 5.36. The molecule has 0 fully saturated rings. The molecule has 1 aliphatic carbocycles. The Kier molecular flexibility index (Phi) is 3.41. The van der Waals surface area contributed by atoms with Crippen LogP contribution >= 0.6 is 0 Å². The molecule has 4 N–H and O–H groups in total. The van der Waals surface area contributed by atoms with Crippen LogP contribution in [-0.4, -0.2) is 16.1 Å². The van der Waals surface area contributed by atoms with Gasteiger partial charge in [-0.3, -0.25) is 9.89 Å². The van der Waals surface area contributed by atoms with E-state index in [0.717, 1.165) is 0 Å². The maximum atomic E-state index is 11.2. The number of rotatable bonds is 4. The first-order valence-electron chi connectivity index (χ1n) is 6.92. The van der Waals surface area contributed by atoms with E-state index in [4.69, 9.17) is 5.73 Å². The third kappa shape index (κ3) is 2.52. The van der Waals surface area contributed by atoms with Crippen LogP contribution in [0.5, 0.6) is 0 Å². The number of nitrogens with two attached hydrogens (primary N) is 1. The SMILES string of the molecule is NC(=O)c1cn[nH]c1NCc1ccc2c(c1)CCCC2. The van der Waals surface area contributed by atoms with Crippen molar-refractivity contribution in [3.05, 3.63) is 46.6 Å². The molecule has 0 radical (unpaired) electrons. The maximum Gasteiger partial charge on any atom is 0.254 e. The lowest BCUT2D eigenvalue weighted by atomic mass is 9.90. The summed E-state index contributed by atoms with van der Waals surface area (Å²) < 4.78 is 0. The average Bonchev–Trinajstić information content (AvgIpc) is 2.93. The molecule has 0 atom stereocenters. The van der Waals surface area contributed by atoms with E-state index in [2.05, 4.69) is 33.7 Å². The Morgan fingerprint density at radius 3 is 2.90 bits per heavy atom. The highest BCUT2D eigenvalue weighted by molar-refractivity contribution is 5.97. The molecule has 1 aromatic carbocycles. The first kappa shape index (κ1) is 12.7. The van der Waals surface area contributed by atoms with Gasteiger partial charge in [0.25, 0.3) is 5.91 Å². The minimum Gasteiger partial charge on any atom is -0.366 e. The fraction of sp³-hybridized carbons (Fsp3) is 0.333. The Labute approximate surface area is 117 Å². The minimum atomic E-state index is -0.480. The van der Waals surface area contributed by atoms with Gasteiger partial charge in [0.2, 0.25) is 0 Å². The normalized spacial score (nSPS) is 13.8. The Morgan fingerprint density at radius 2 is 2.10 bits per heavy atom. The summed E-state index contributed by atoms with van der Waals surface area (Å²) in [6, 6.07) is 6.60. The number of carbonyl (C=O) groups excluding carboxylic acids is 1. The second-order valence-electron chi connectivity index (χ2n) is 5.19. The average molecular weight is 270 g/mol. The third-order valence-corrected chi connectivity index (χ3v) is 3.79. The van der Waals surface area contributed by atoms with Crippen LogP contribution in [0.1, 0.15) is 39.9 Å². The van der Waals surface area contributed by atoms with Gasteiger partial charge in [0.15, 0.2) is 0 Å². The molecule has 0 unspecified atom stereocenters. The molecular formula is C15H18N4O. The van der Waals surface area contributed by atoms with E-state index < -0.39 is 5.91 Å². The van der Waals surface area contributed by atoms with Crippen LogP contribution in [0.3, 0.4) is 0 Å². The number of hydrogen-bond donors (Lipinski definition) is 3. The topological polar surface area (TPSA) is 83.8 Å². The zero-order chi connectivity index (χ0) is 13.9. The van der Waals surface area contributed by atoms with Gasteiger partial charge in [-0.2, -0.15) is 5.10 Å². The standard InChI is InChI=1S/C15H18N4O/c16-14(20)13-9-18-19-15(13)17-8-10-5-6-11-3-1-2-4-12(11)7-10/h5-7,9H,1-4,8H2,(H2,16,20)(H2,17,18,19). The molecule has 0 saturated carbocycles.